The SMILES string of the molecule is [2H]C(C)(C)c1ccc2c(c1)B1c3c(cc(-n4c5cccc6c5c5c7c(cccc7ccc54)-c4ccccc4-6)cc3-n3c4c1cc1c(c4c4ccc5ccccc5c43)C(C)(C)c3ccccc3-1)N2c1ccccc1. The van der Waals surface area contributed by atoms with Gasteiger partial charge in [0.2, 0.25) is 0 Å². The van der Waals surface area contributed by atoms with Crippen LogP contribution < -0.4 is 21.3 Å². The highest BCUT2D eigenvalue weighted by Crippen LogP contribution is 2.56. The molecule has 0 bridgehead atoms. The highest BCUT2D eigenvalue weighted by atomic mass is 15.2. The number of hydrogen-bond donors (Lipinski definition) is 0. The number of benzene rings is 11. The summed E-state index contributed by atoms with van der Waals surface area (Å²) in [5.74, 6) is -0.805. The van der Waals surface area contributed by atoms with Crippen LogP contribution in [0.3, 0.4) is 0 Å². The Hall–Kier alpha value is -8.60. The van der Waals surface area contributed by atoms with Gasteiger partial charge in [0.15, 0.2) is 0 Å². The molecule has 0 N–H and O–H groups in total. The number of hydrogen-bond acceptors (Lipinski definition) is 1. The lowest BCUT2D eigenvalue weighted by atomic mass is 9.33. The van der Waals surface area contributed by atoms with Gasteiger partial charge in [0.25, 0.3) is 6.71 Å². The number of aromatic nitrogens is 2. The van der Waals surface area contributed by atoms with E-state index in [9.17, 15) is 1.37 Å². The molecule has 72 heavy (non-hydrogen) atoms. The average molecular weight is 917 g/mol. The second kappa shape index (κ2) is 13.4. The molecule has 0 amide bonds. The van der Waals surface area contributed by atoms with E-state index in [1.807, 2.05) is 13.8 Å². The monoisotopic (exact) mass is 916 g/mol. The van der Waals surface area contributed by atoms with E-state index in [2.05, 4.69) is 228 Å². The fourth-order valence-electron chi connectivity index (χ4n) is 14.5. The van der Waals surface area contributed by atoms with E-state index >= 15 is 0 Å². The van der Waals surface area contributed by atoms with E-state index in [1.54, 1.807) is 0 Å². The van der Waals surface area contributed by atoms with E-state index < -0.39 is 5.89 Å². The van der Waals surface area contributed by atoms with Gasteiger partial charge in [-0.15, -0.1) is 0 Å². The molecule has 2 aliphatic heterocycles. The second-order valence-electron chi connectivity index (χ2n) is 21.5. The van der Waals surface area contributed by atoms with E-state index in [0.29, 0.717) is 0 Å². The first-order valence-corrected chi connectivity index (χ1v) is 25.6. The maximum absolute atomic E-state index is 9.48. The summed E-state index contributed by atoms with van der Waals surface area (Å²) < 4.78 is 14.7. The smallest absolute Gasteiger partial charge is 0.252 e. The number of anilines is 3. The summed E-state index contributed by atoms with van der Waals surface area (Å²) in [4.78, 5) is 2.53. The van der Waals surface area contributed by atoms with Gasteiger partial charge in [-0.2, -0.15) is 0 Å². The molecule has 4 aliphatic rings. The van der Waals surface area contributed by atoms with Crippen molar-refractivity contribution in [2.45, 2.75) is 39.0 Å². The van der Waals surface area contributed by atoms with Gasteiger partial charge in [0, 0.05) is 62.0 Å². The minimum absolute atomic E-state index is 0.124. The third-order valence-corrected chi connectivity index (χ3v) is 17.4. The lowest BCUT2D eigenvalue weighted by molar-refractivity contribution is 0.666. The first-order valence-electron chi connectivity index (χ1n) is 26.1. The number of para-hydroxylation sites is 1. The van der Waals surface area contributed by atoms with Gasteiger partial charge in [-0.3, -0.25) is 0 Å². The first-order chi connectivity index (χ1) is 35.6. The molecular weight excluding hydrogens is 870 g/mol. The Kier molecular flexibility index (Phi) is 7.12. The van der Waals surface area contributed by atoms with Crippen molar-refractivity contribution in [3.8, 4) is 44.8 Å². The van der Waals surface area contributed by atoms with Crippen LogP contribution in [0.15, 0.2) is 200 Å². The van der Waals surface area contributed by atoms with Crippen molar-refractivity contribution in [2.75, 3.05) is 4.90 Å². The normalized spacial score (nSPS) is 14.6. The van der Waals surface area contributed by atoms with Crippen LogP contribution in [0, 0.1) is 0 Å². The van der Waals surface area contributed by atoms with Gasteiger partial charge in [-0.05, 0) is 131 Å². The zero-order valence-electron chi connectivity index (χ0n) is 41.5. The highest BCUT2D eigenvalue weighted by Gasteiger charge is 2.47. The molecule has 336 valence electrons. The molecule has 11 aromatic carbocycles. The zero-order valence-corrected chi connectivity index (χ0v) is 40.5. The minimum atomic E-state index is -0.805. The molecule has 4 heterocycles. The Bertz CT molecular complexity index is 4700. The Morgan fingerprint density at radius 1 is 0.444 bits per heavy atom. The van der Waals surface area contributed by atoms with Crippen molar-refractivity contribution >= 4 is 105 Å². The van der Waals surface area contributed by atoms with Gasteiger partial charge in [-0.1, -0.05) is 185 Å². The van der Waals surface area contributed by atoms with Crippen molar-refractivity contribution in [3.05, 3.63) is 217 Å². The Labute approximate surface area is 419 Å². The van der Waals surface area contributed by atoms with E-state index in [4.69, 9.17) is 0 Å². The molecule has 4 heteroatoms. The molecule has 3 nitrogen and oxygen atoms in total. The van der Waals surface area contributed by atoms with Crippen LogP contribution in [-0.4, -0.2) is 15.8 Å². The molecule has 17 rings (SSSR count). The molecule has 0 atom stereocenters. The predicted molar refractivity (Wildman–Crippen MR) is 306 cm³/mol. The summed E-state index contributed by atoms with van der Waals surface area (Å²) in [5, 5.41) is 10.3. The van der Waals surface area contributed by atoms with Gasteiger partial charge < -0.3 is 14.0 Å². The van der Waals surface area contributed by atoms with Crippen molar-refractivity contribution in [3.63, 3.8) is 0 Å². The Balaban J connectivity index is 1.10. The summed E-state index contributed by atoms with van der Waals surface area (Å²) in [6.07, 6.45) is 0. The van der Waals surface area contributed by atoms with Crippen LogP contribution in [0.5, 0.6) is 0 Å². The molecule has 2 aromatic heterocycles. The fourth-order valence-corrected chi connectivity index (χ4v) is 14.5. The van der Waals surface area contributed by atoms with E-state index in [1.165, 1.54) is 137 Å². The van der Waals surface area contributed by atoms with Crippen molar-refractivity contribution < 1.29 is 1.37 Å². The van der Waals surface area contributed by atoms with Crippen LogP contribution in [0.1, 0.15) is 51.7 Å². The average Bonchev–Trinajstić information content (AvgIpc) is 4.00. The molecule has 0 unspecified atom stereocenters. The maximum Gasteiger partial charge on any atom is 0.252 e. The molecule has 13 aromatic rings. The lowest BCUT2D eigenvalue weighted by Gasteiger charge is -2.41. The Morgan fingerprint density at radius 2 is 1.12 bits per heavy atom. The van der Waals surface area contributed by atoms with Crippen LogP contribution in [-0.2, 0) is 5.41 Å². The maximum atomic E-state index is 9.48. The predicted octanol–water partition coefficient (Wildman–Crippen LogP) is 15.9. The van der Waals surface area contributed by atoms with Crippen LogP contribution >= 0.6 is 0 Å². The highest BCUT2D eigenvalue weighted by molar-refractivity contribution is 7.00. The van der Waals surface area contributed by atoms with Gasteiger partial charge in [-0.25, -0.2) is 0 Å². The molecule has 0 fully saturated rings. The van der Waals surface area contributed by atoms with Gasteiger partial charge >= 0.3 is 0 Å². The van der Waals surface area contributed by atoms with Crippen LogP contribution in [0.25, 0.3) is 110 Å². The van der Waals surface area contributed by atoms with Crippen molar-refractivity contribution in [1.29, 1.82) is 0 Å². The first kappa shape index (κ1) is 38.2. The fraction of sp³-hybridized carbons (Fsp3) is 0.0882. The van der Waals surface area contributed by atoms with Gasteiger partial charge in [0.1, 0.15) is 0 Å². The van der Waals surface area contributed by atoms with E-state index in [0.717, 1.165) is 22.6 Å². The quantitative estimate of drug-likeness (QED) is 0.161. The molecule has 2 aliphatic carbocycles. The third kappa shape index (κ3) is 4.65. The lowest BCUT2D eigenvalue weighted by Crippen LogP contribution is -2.60. The van der Waals surface area contributed by atoms with Crippen molar-refractivity contribution in [2.24, 2.45) is 0 Å². The molecule has 0 spiro atoms. The summed E-state index contributed by atoms with van der Waals surface area (Å²) in [6, 6.07) is 75.8. The third-order valence-electron chi connectivity index (χ3n) is 17.4. The van der Waals surface area contributed by atoms with Crippen molar-refractivity contribution in [1.82, 2.24) is 9.13 Å². The molecule has 0 radical (unpaired) electrons. The summed E-state index contributed by atoms with van der Waals surface area (Å²) in [7, 11) is 0. The standard InChI is InChI=1S/C68H46BN3/c1-38(2)41-30-32-55-53(34-41)69-54-37-51-47-23-12-13-26-52(47)68(3,4)64(51)62-50-31-28-39-16-8-9-20-44(39)66(50)72(67(54)62)59-36-43(35-58(65(59)69)70(55)42-18-6-5-7-19-42)71-56-27-15-25-49-46-22-11-10-21-45(46)48-24-14-17-40-29-33-57(71)63(60(40)48)61(49)56/h5-38H,1-4H3/i38D. The molecule has 0 saturated carbocycles. The van der Waals surface area contributed by atoms with Gasteiger partial charge in [0.05, 0.1) is 22.2 Å². The summed E-state index contributed by atoms with van der Waals surface area (Å²) in [6.45, 7) is 8.80. The zero-order chi connectivity index (χ0) is 48.4. The molecule has 0 saturated heterocycles. The summed E-state index contributed by atoms with van der Waals surface area (Å²) >= 11 is 0. The molecular formula is C68H46BN3. The number of nitrogens with zero attached hydrogens (tertiary/aromatic N) is 3. The van der Waals surface area contributed by atoms with Crippen LogP contribution in [0.4, 0.5) is 17.1 Å². The van der Waals surface area contributed by atoms with E-state index in [-0.39, 0.29) is 12.1 Å². The largest absolute Gasteiger partial charge is 0.311 e. The van der Waals surface area contributed by atoms with Crippen LogP contribution in [0.2, 0.25) is 0 Å². The number of fused-ring (bicyclic) bond motifs is 16. The topological polar surface area (TPSA) is 13.1 Å². The number of rotatable bonds is 3. The minimum Gasteiger partial charge on any atom is -0.311 e. The summed E-state index contributed by atoms with van der Waals surface area (Å²) in [5.41, 5.74) is 25.8. The second-order valence-corrected chi connectivity index (χ2v) is 21.5. The Morgan fingerprint density at radius 3 is 1.96 bits per heavy atom.